The van der Waals surface area contributed by atoms with Crippen molar-refractivity contribution in [3.63, 3.8) is 0 Å². The van der Waals surface area contributed by atoms with Gasteiger partial charge in [0.05, 0.1) is 11.3 Å². The minimum Gasteiger partial charge on any atom is -0.478 e. The van der Waals surface area contributed by atoms with Crippen LogP contribution in [0.2, 0.25) is 0 Å². The lowest BCUT2D eigenvalue weighted by Crippen LogP contribution is -2.27. The Morgan fingerprint density at radius 3 is 2.68 bits per heavy atom. The molecule has 1 aromatic rings. The Hall–Kier alpha value is -1.78. The number of hydrogen-bond acceptors (Lipinski definition) is 4. The van der Waals surface area contributed by atoms with Gasteiger partial charge in [-0.25, -0.2) is 9.78 Å². The molecule has 1 aliphatic rings. The number of hydrogen-bond donors (Lipinski definition) is 2. The highest BCUT2D eigenvalue weighted by atomic mass is 16.4. The minimum absolute atomic E-state index is 0.132. The second kappa shape index (κ2) is 4.72. The lowest BCUT2D eigenvalue weighted by Gasteiger charge is -2.27. The first-order valence-corrected chi connectivity index (χ1v) is 6.53. The van der Waals surface area contributed by atoms with Gasteiger partial charge >= 0.3 is 5.97 Å². The van der Waals surface area contributed by atoms with Crippen LogP contribution in [0.5, 0.6) is 0 Å². The third-order valence-electron chi connectivity index (χ3n) is 3.85. The Kier molecular flexibility index (Phi) is 3.39. The molecule has 0 amide bonds. The average molecular weight is 263 g/mol. The smallest absolute Gasteiger partial charge is 0.337 e. The number of carbonyl (C=O) groups is 1. The molecule has 0 radical (unpaired) electrons. The van der Waals surface area contributed by atoms with Gasteiger partial charge in [0.15, 0.2) is 5.82 Å². The maximum absolute atomic E-state index is 10.9. The van der Waals surface area contributed by atoms with Crippen LogP contribution in [0.1, 0.15) is 37.6 Å². The van der Waals surface area contributed by atoms with Crippen LogP contribution in [-0.4, -0.2) is 29.1 Å². The van der Waals surface area contributed by atoms with Gasteiger partial charge in [0, 0.05) is 19.3 Å². The first-order valence-electron chi connectivity index (χ1n) is 6.53. The minimum atomic E-state index is -1.00. The number of nitrogen functional groups attached to an aromatic ring is 1. The monoisotopic (exact) mass is 263 g/mol. The van der Waals surface area contributed by atoms with Gasteiger partial charge in [0.25, 0.3) is 0 Å². The van der Waals surface area contributed by atoms with Crippen LogP contribution in [0.15, 0.2) is 12.3 Å². The number of anilines is 2. The van der Waals surface area contributed by atoms with E-state index in [2.05, 4.69) is 30.7 Å². The average Bonchev–Trinajstić information content (AvgIpc) is 2.77. The van der Waals surface area contributed by atoms with Crippen LogP contribution >= 0.6 is 0 Å². The molecule has 1 aromatic heterocycles. The molecule has 0 saturated carbocycles. The Morgan fingerprint density at radius 1 is 1.53 bits per heavy atom. The number of rotatable bonds is 2. The summed E-state index contributed by atoms with van der Waals surface area (Å²) in [6.45, 7) is 8.57. The molecule has 1 fully saturated rings. The van der Waals surface area contributed by atoms with Crippen molar-refractivity contribution >= 4 is 17.5 Å². The van der Waals surface area contributed by atoms with Crippen molar-refractivity contribution in [2.45, 2.75) is 27.2 Å². The second-order valence-electron chi connectivity index (χ2n) is 6.24. The number of carboxylic acids is 1. The van der Waals surface area contributed by atoms with E-state index >= 15 is 0 Å². The number of aromatic nitrogens is 1. The number of nitrogens with two attached hydrogens (primary N) is 1. The molecule has 1 unspecified atom stereocenters. The highest BCUT2D eigenvalue weighted by molar-refractivity contribution is 5.89. The number of aromatic carboxylic acids is 1. The molecule has 1 aliphatic heterocycles. The zero-order valence-electron chi connectivity index (χ0n) is 11.7. The number of nitrogens with zero attached hydrogens (tertiary/aromatic N) is 2. The van der Waals surface area contributed by atoms with E-state index in [4.69, 9.17) is 10.8 Å². The molecule has 19 heavy (non-hydrogen) atoms. The van der Waals surface area contributed by atoms with Crippen molar-refractivity contribution in [2.24, 2.45) is 11.3 Å². The third kappa shape index (κ3) is 2.80. The Balaban J connectivity index is 2.18. The first kappa shape index (κ1) is 13.6. The normalized spacial score (nSPS) is 19.7. The maximum Gasteiger partial charge on any atom is 0.337 e. The Bertz CT molecular complexity index is 494. The molecular formula is C14H21N3O2. The predicted molar refractivity (Wildman–Crippen MR) is 75.4 cm³/mol. The number of pyridine rings is 1. The van der Waals surface area contributed by atoms with E-state index in [1.165, 1.54) is 12.3 Å². The molecular weight excluding hydrogens is 242 g/mol. The van der Waals surface area contributed by atoms with Crippen LogP contribution in [0.25, 0.3) is 0 Å². The topological polar surface area (TPSA) is 79.5 Å². The molecule has 1 saturated heterocycles. The summed E-state index contributed by atoms with van der Waals surface area (Å²) in [5.41, 5.74) is 6.77. The zero-order valence-corrected chi connectivity index (χ0v) is 11.7. The van der Waals surface area contributed by atoms with Crippen molar-refractivity contribution in [1.29, 1.82) is 0 Å². The van der Waals surface area contributed by atoms with Crippen LogP contribution in [0.4, 0.5) is 11.5 Å². The van der Waals surface area contributed by atoms with Gasteiger partial charge in [-0.15, -0.1) is 0 Å². The van der Waals surface area contributed by atoms with Crippen molar-refractivity contribution in [1.82, 2.24) is 4.98 Å². The summed E-state index contributed by atoms with van der Waals surface area (Å²) >= 11 is 0. The van der Waals surface area contributed by atoms with Crippen molar-refractivity contribution in [3.05, 3.63) is 17.8 Å². The van der Waals surface area contributed by atoms with E-state index in [1.54, 1.807) is 0 Å². The van der Waals surface area contributed by atoms with E-state index in [0.29, 0.717) is 17.4 Å². The molecule has 0 bridgehead atoms. The SMILES string of the molecule is CC(C)(C)C1CCN(c2ncc(C(=O)O)cc2N)C1. The summed E-state index contributed by atoms with van der Waals surface area (Å²) in [7, 11) is 0. The molecule has 2 rings (SSSR count). The van der Waals surface area contributed by atoms with Gasteiger partial charge in [0.1, 0.15) is 0 Å². The summed E-state index contributed by atoms with van der Waals surface area (Å²) in [4.78, 5) is 17.2. The zero-order chi connectivity index (χ0) is 14.2. The van der Waals surface area contributed by atoms with Gasteiger partial charge in [0.2, 0.25) is 0 Å². The van der Waals surface area contributed by atoms with E-state index in [0.717, 1.165) is 19.5 Å². The molecule has 5 heteroatoms. The summed E-state index contributed by atoms with van der Waals surface area (Å²) < 4.78 is 0. The standard InChI is InChI=1S/C14H21N3O2/c1-14(2,3)10-4-5-17(8-10)12-11(15)6-9(7-16-12)13(18)19/h6-7,10H,4-5,8,15H2,1-3H3,(H,18,19). The van der Waals surface area contributed by atoms with Crippen LogP contribution in [0.3, 0.4) is 0 Å². The van der Waals surface area contributed by atoms with E-state index in [1.807, 2.05) is 0 Å². The lowest BCUT2D eigenvalue weighted by atomic mass is 9.80. The van der Waals surface area contributed by atoms with Crippen molar-refractivity contribution in [2.75, 3.05) is 23.7 Å². The summed E-state index contributed by atoms with van der Waals surface area (Å²) in [6.07, 6.45) is 2.49. The predicted octanol–water partition coefficient (Wildman–Crippen LogP) is 2.23. The van der Waals surface area contributed by atoms with Crippen LogP contribution < -0.4 is 10.6 Å². The molecule has 3 N–H and O–H groups in total. The summed E-state index contributed by atoms with van der Waals surface area (Å²) in [5.74, 6) is 0.310. The highest BCUT2D eigenvalue weighted by Gasteiger charge is 2.32. The van der Waals surface area contributed by atoms with Crippen molar-refractivity contribution in [3.8, 4) is 0 Å². The lowest BCUT2D eigenvalue weighted by molar-refractivity contribution is 0.0696. The Labute approximate surface area is 113 Å². The quantitative estimate of drug-likeness (QED) is 0.855. The van der Waals surface area contributed by atoms with Crippen LogP contribution in [-0.2, 0) is 0 Å². The molecule has 1 atom stereocenters. The highest BCUT2D eigenvalue weighted by Crippen LogP contribution is 2.36. The van der Waals surface area contributed by atoms with Gasteiger partial charge in [-0.05, 0) is 23.8 Å². The van der Waals surface area contributed by atoms with E-state index < -0.39 is 5.97 Å². The fraction of sp³-hybridized carbons (Fsp3) is 0.571. The fourth-order valence-corrected chi connectivity index (χ4v) is 2.52. The fourth-order valence-electron chi connectivity index (χ4n) is 2.52. The van der Waals surface area contributed by atoms with E-state index in [9.17, 15) is 4.79 Å². The van der Waals surface area contributed by atoms with Gasteiger partial charge in [-0.2, -0.15) is 0 Å². The van der Waals surface area contributed by atoms with Gasteiger partial charge < -0.3 is 15.7 Å². The summed E-state index contributed by atoms with van der Waals surface area (Å²) in [6, 6.07) is 1.48. The Morgan fingerprint density at radius 2 is 2.21 bits per heavy atom. The summed E-state index contributed by atoms with van der Waals surface area (Å²) in [5, 5.41) is 8.91. The van der Waals surface area contributed by atoms with Gasteiger partial charge in [-0.1, -0.05) is 20.8 Å². The molecule has 2 heterocycles. The molecule has 0 spiro atoms. The molecule has 0 aromatic carbocycles. The third-order valence-corrected chi connectivity index (χ3v) is 3.85. The maximum atomic E-state index is 10.9. The number of carboxylic acid groups (broad SMARTS) is 1. The van der Waals surface area contributed by atoms with Crippen LogP contribution in [0, 0.1) is 11.3 Å². The molecule has 5 nitrogen and oxygen atoms in total. The van der Waals surface area contributed by atoms with Gasteiger partial charge in [-0.3, -0.25) is 0 Å². The second-order valence-corrected chi connectivity index (χ2v) is 6.24. The van der Waals surface area contributed by atoms with E-state index in [-0.39, 0.29) is 11.0 Å². The molecule has 104 valence electrons. The van der Waals surface area contributed by atoms with Crippen molar-refractivity contribution < 1.29 is 9.90 Å². The first-order chi connectivity index (χ1) is 8.79. The largest absolute Gasteiger partial charge is 0.478 e. The molecule has 0 aliphatic carbocycles.